The molecule has 1 saturated heterocycles. The average Bonchev–Trinajstić information content (AvgIpc) is 3.19. The van der Waals surface area contributed by atoms with E-state index in [0.717, 1.165) is 58.2 Å². The molecule has 0 amide bonds. The molecule has 2 aromatic rings. The molecule has 0 aromatic carbocycles. The molecule has 1 saturated carbocycles. The molecule has 2 fully saturated rings. The number of aryl methyl sites for hydroxylation is 1. The molecule has 3 aliphatic rings. The fourth-order valence-electron chi connectivity index (χ4n) is 5.69. The lowest BCUT2D eigenvalue weighted by Gasteiger charge is -2.49. The van der Waals surface area contributed by atoms with Crippen molar-refractivity contribution in [3.63, 3.8) is 0 Å². The number of hydrogen-bond acceptors (Lipinski definition) is 6. The number of nitrogens with one attached hydrogen (secondary N) is 1. The van der Waals surface area contributed by atoms with E-state index < -0.39 is 10.0 Å². The predicted octanol–water partition coefficient (Wildman–Crippen LogP) is 4.37. The Labute approximate surface area is 205 Å². The molecule has 2 aliphatic heterocycles. The van der Waals surface area contributed by atoms with Crippen molar-refractivity contribution in [2.24, 2.45) is 5.92 Å². The Kier molecular flexibility index (Phi) is 6.61. The molecule has 0 radical (unpaired) electrons. The highest BCUT2D eigenvalue weighted by Crippen LogP contribution is 2.46. The molecule has 6 nitrogen and oxygen atoms in total. The Morgan fingerprint density at radius 3 is 2.88 bits per heavy atom. The molecule has 1 aliphatic carbocycles. The van der Waals surface area contributed by atoms with Crippen molar-refractivity contribution in [2.75, 3.05) is 19.7 Å². The second-order valence-electron chi connectivity index (χ2n) is 9.79. The quantitative estimate of drug-likeness (QED) is 0.626. The summed E-state index contributed by atoms with van der Waals surface area (Å²) < 4.78 is 34.5. The van der Waals surface area contributed by atoms with Crippen molar-refractivity contribution < 1.29 is 13.2 Å². The second-order valence-corrected chi connectivity index (χ2v) is 13.2. The van der Waals surface area contributed by atoms with Gasteiger partial charge in [0.25, 0.3) is 0 Å². The first-order chi connectivity index (χ1) is 15.8. The smallest absolute Gasteiger partial charge is 0.242 e. The van der Waals surface area contributed by atoms with Gasteiger partial charge in [-0.1, -0.05) is 18.5 Å². The van der Waals surface area contributed by atoms with Crippen LogP contribution in [0.3, 0.4) is 0 Å². The van der Waals surface area contributed by atoms with Gasteiger partial charge in [-0.05, 0) is 62.6 Å². The molecule has 180 valence electrons. The van der Waals surface area contributed by atoms with Gasteiger partial charge in [0.2, 0.25) is 10.0 Å². The van der Waals surface area contributed by atoms with E-state index in [9.17, 15) is 8.42 Å². The highest BCUT2D eigenvalue weighted by molar-refractivity contribution is 7.89. The summed E-state index contributed by atoms with van der Waals surface area (Å²) in [6, 6.07) is 4.27. The lowest BCUT2D eigenvalue weighted by Crippen LogP contribution is -2.54. The largest absolute Gasteiger partial charge is 0.370 e. The fraction of sp³-hybridized carbons (Fsp3) is 0.625. The van der Waals surface area contributed by atoms with Crippen LogP contribution in [-0.4, -0.2) is 50.1 Å². The van der Waals surface area contributed by atoms with E-state index in [2.05, 4.69) is 34.5 Å². The number of fused-ring (bicyclic) bond motifs is 2. The number of sulfonamides is 1. The first-order valence-electron chi connectivity index (χ1n) is 11.9. The van der Waals surface area contributed by atoms with Crippen LogP contribution in [-0.2, 0) is 33.2 Å². The summed E-state index contributed by atoms with van der Waals surface area (Å²) in [5.41, 5.74) is 1.34. The van der Waals surface area contributed by atoms with Crippen molar-refractivity contribution in [2.45, 2.75) is 75.0 Å². The summed E-state index contributed by atoms with van der Waals surface area (Å²) >= 11 is 7.87. The van der Waals surface area contributed by atoms with Gasteiger partial charge in [0.05, 0.1) is 17.2 Å². The molecule has 1 N–H and O–H groups in total. The van der Waals surface area contributed by atoms with Gasteiger partial charge in [-0.3, -0.25) is 4.98 Å². The van der Waals surface area contributed by atoms with Crippen LogP contribution >= 0.6 is 22.9 Å². The number of ether oxygens (including phenoxy) is 1. The molecule has 0 unspecified atom stereocenters. The maximum absolute atomic E-state index is 12.6. The number of likely N-dealkylation sites (tertiary alicyclic amines) is 1. The zero-order chi connectivity index (χ0) is 23.2. The molecular weight excluding hydrogens is 478 g/mol. The molecule has 2 aromatic heterocycles. The number of hydrogen-bond donors (Lipinski definition) is 1. The summed E-state index contributed by atoms with van der Waals surface area (Å²) in [6.07, 6.45) is 8.72. The summed E-state index contributed by atoms with van der Waals surface area (Å²) in [7, 11) is -3.58. The van der Waals surface area contributed by atoms with Crippen LogP contribution in [0.25, 0.3) is 0 Å². The van der Waals surface area contributed by atoms with Gasteiger partial charge < -0.3 is 9.64 Å². The Morgan fingerprint density at radius 2 is 2.15 bits per heavy atom. The van der Waals surface area contributed by atoms with Crippen molar-refractivity contribution in [1.82, 2.24) is 14.6 Å². The Morgan fingerprint density at radius 1 is 1.33 bits per heavy atom. The fourth-order valence-corrected chi connectivity index (χ4v) is 8.35. The van der Waals surface area contributed by atoms with E-state index in [1.54, 1.807) is 0 Å². The van der Waals surface area contributed by atoms with Crippen molar-refractivity contribution in [1.29, 1.82) is 0 Å². The molecular formula is C24H32ClN3O3S2. The SMILES string of the molecule is CCc1cc2c(s1)CCO[C@@]21CCN(C[C@H]2C[C@@H](NS(=O)(=O)c3cncc(Cl)c3)C2)[C@@H](C)C1. The number of thiophene rings is 1. The Hall–Kier alpha value is -1.03. The van der Waals surface area contributed by atoms with Crippen LogP contribution in [0, 0.1) is 5.92 Å². The number of aromatic nitrogens is 1. The van der Waals surface area contributed by atoms with Crippen LogP contribution in [0.4, 0.5) is 0 Å². The minimum absolute atomic E-state index is 0.0204. The van der Waals surface area contributed by atoms with E-state index in [0.29, 0.717) is 17.0 Å². The minimum atomic E-state index is -3.58. The number of nitrogens with zero attached hydrogens (tertiary/aromatic N) is 2. The van der Waals surface area contributed by atoms with Gasteiger partial charge in [-0.25, -0.2) is 13.1 Å². The van der Waals surface area contributed by atoms with E-state index in [1.165, 1.54) is 33.8 Å². The van der Waals surface area contributed by atoms with Gasteiger partial charge >= 0.3 is 0 Å². The zero-order valence-electron chi connectivity index (χ0n) is 19.2. The van der Waals surface area contributed by atoms with E-state index >= 15 is 0 Å². The van der Waals surface area contributed by atoms with E-state index in [-0.39, 0.29) is 16.5 Å². The van der Waals surface area contributed by atoms with Gasteiger partial charge in [-0.2, -0.15) is 0 Å². The molecule has 5 rings (SSSR count). The minimum Gasteiger partial charge on any atom is -0.370 e. The first kappa shape index (κ1) is 23.7. The molecule has 4 heterocycles. The summed E-state index contributed by atoms with van der Waals surface area (Å²) in [5, 5.41) is 0.323. The highest BCUT2D eigenvalue weighted by atomic mass is 35.5. The van der Waals surface area contributed by atoms with Crippen molar-refractivity contribution in [3.8, 4) is 0 Å². The topological polar surface area (TPSA) is 71.5 Å². The monoisotopic (exact) mass is 509 g/mol. The van der Waals surface area contributed by atoms with Crippen LogP contribution in [0.15, 0.2) is 29.4 Å². The summed E-state index contributed by atoms with van der Waals surface area (Å²) in [5.74, 6) is 0.516. The maximum atomic E-state index is 12.6. The van der Waals surface area contributed by atoms with Crippen molar-refractivity contribution in [3.05, 3.63) is 44.9 Å². The molecule has 0 bridgehead atoms. The number of rotatable bonds is 6. The standard InChI is InChI=1S/C24H32ClN3O3S2/c1-3-20-11-22-23(32-20)4-7-31-24(22)5-6-28(16(2)12-24)15-17-8-19(9-17)27-33(29,30)21-10-18(25)13-26-14-21/h10-11,13-14,16-17,19,27H,3-9,12,15H2,1-2H3/t16-,17-,19+,24+/m0/s1. The normalized spacial score (nSPS) is 30.2. The van der Waals surface area contributed by atoms with E-state index in [1.807, 2.05) is 11.3 Å². The van der Waals surface area contributed by atoms with Gasteiger partial charge in [0.1, 0.15) is 4.90 Å². The number of piperidine rings is 1. The van der Waals surface area contributed by atoms with Gasteiger partial charge in [0.15, 0.2) is 0 Å². The number of halogens is 1. The first-order valence-corrected chi connectivity index (χ1v) is 14.6. The highest BCUT2D eigenvalue weighted by Gasteiger charge is 2.45. The predicted molar refractivity (Wildman–Crippen MR) is 131 cm³/mol. The molecule has 33 heavy (non-hydrogen) atoms. The maximum Gasteiger partial charge on any atom is 0.242 e. The van der Waals surface area contributed by atoms with Crippen LogP contribution < -0.4 is 4.72 Å². The Balaban J connectivity index is 1.15. The van der Waals surface area contributed by atoms with Gasteiger partial charge in [-0.15, -0.1) is 11.3 Å². The molecule has 1 spiro atoms. The summed E-state index contributed by atoms with van der Waals surface area (Å²) in [6.45, 7) is 7.42. The lowest BCUT2D eigenvalue weighted by atomic mass is 9.77. The molecule has 9 heteroatoms. The van der Waals surface area contributed by atoms with Crippen LogP contribution in [0.1, 0.15) is 54.8 Å². The third-order valence-corrected chi connectivity index (χ3v) is 10.5. The van der Waals surface area contributed by atoms with Crippen LogP contribution in [0.5, 0.6) is 0 Å². The second kappa shape index (κ2) is 9.21. The van der Waals surface area contributed by atoms with Crippen molar-refractivity contribution >= 4 is 33.0 Å². The molecule has 2 atom stereocenters. The Bertz CT molecular complexity index is 1120. The average molecular weight is 510 g/mol. The van der Waals surface area contributed by atoms with E-state index in [4.69, 9.17) is 16.3 Å². The third-order valence-electron chi connectivity index (χ3n) is 7.50. The summed E-state index contributed by atoms with van der Waals surface area (Å²) in [4.78, 5) is 9.59. The zero-order valence-corrected chi connectivity index (χ0v) is 21.6. The third kappa shape index (κ3) is 4.75. The number of pyridine rings is 1. The van der Waals surface area contributed by atoms with Crippen LogP contribution in [0.2, 0.25) is 5.02 Å². The lowest BCUT2D eigenvalue weighted by molar-refractivity contribution is -0.114. The van der Waals surface area contributed by atoms with Gasteiger partial charge in [0, 0.05) is 53.7 Å².